The molecule has 0 radical (unpaired) electrons. The third-order valence-electron chi connectivity index (χ3n) is 3.93. The monoisotopic (exact) mass is 380 g/mol. The lowest BCUT2D eigenvalue weighted by atomic mass is 10.3. The van der Waals surface area contributed by atoms with Crippen LogP contribution >= 0.6 is 0 Å². The van der Waals surface area contributed by atoms with Crippen LogP contribution in [-0.2, 0) is 9.53 Å². The zero-order valence-corrected chi connectivity index (χ0v) is 15.8. The Labute approximate surface area is 162 Å². The molecular weight excluding hydrogens is 360 g/mol. The summed E-state index contributed by atoms with van der Waals surface area (Å²) in [7, 11) is 1.51. The van der Waals surface area contributed by atoms with Crippen LogP contribution in [0, 0.1) is 13.8 Å². The van der Waals surface area contributed by atoms with Gasteiger partial charge in [0.15, 0.2) is 12.4 Å². The van der Waals surface area contributed by atoms with Crippen molar-refractivity contribution in [2.75, 3.05) is 19.0 Å². The Morgan fingerprint density at radius 3 is 2.57 bits per heavy atom. The molecule has 1 N–H and O–H groups in total. The lowest BCUT2D eigenvalue weighted by molar-refractivity contribution is -0.119. The van der Waals surface area contributed by atoms with E-state index < -0.39 is 18.5 Å². The maximum atomic E-state index is 12.2. The maximum absolute atomic E-state index is 12.2. The van der Waals surface area contributed by atoms with Crippen molar-refractivity contribution in [2.45, 2.75) is 13.8 Å². The number of para-hydroxylation sites is 2. The van der Waals surface area contributed by atoms with Gasteiger partial charge in [0.1, 0.15) is 5.75 Å². The van der Waals surface area contributed by atoms with Crippen molar-refractivity contribution in [1.82, 2.24) is 14.8 Å². The molecule has 1 amide bonds. The predicted molar refractivity (Wildman–Crippen MR) is 103 cm³/mol. The third-order valence-corrected chi connectivity index (χ3v) is 3.93. The van der Waals surface area contributed by atoms with Gasteiger partial charge in [-0.05, 0) is 44.2 Å². The number of carbonyl (C=O) groups excluding carboxylic acids is 2. The lowest BCUT2D eigenvalue weighted by Crippen LogP contribution is -2.21. The highest BCUT2D eigenvalue weighted by molar-refractivity contribution is 5.96. The molecule has 0 saturated carbocycles. The van der Waals surface area contributed by atoms with Gasteiger partial charge in [0.2, 0.25) is 0 Å². The van der Waals surface area contributed by atoms with Crippen LogP contribution < -0.4 is 10.1 Å². The van der Waals surface area contributed by atoms with Crippen LogP contribution in [0.2, 0.25) is 0 Å². The topological polar surface area (TPSA) is 95.3 Å². The summed E-state index contributed by atoms with van der Waals surface area (Å²) in [6.07, 6.45) is 1.40. The molecule has 8 heteroatoms. The fraction of sp³-hybridized carbons (Fsp3) is 0.200. The first-order chi connectivity index (χ1) is 13.5. The predicted octanol–water partition coefficient (Wildman–Crippen LogP) is 2.69. The van der Waals surface area contributed by atoms with Gasteiger partial charge in [-0.1, -0.05) is 12.1 Å². The van der Waals surface area contributed by atoms with Gasteiger partial charge < -0.3 is 14.8 Å². The zero-order valence-electron chi connectivity index (χ0n) is 15.8. The van der Waals surface area contributed by atoms with E-state index in [0.29, 0.717) is 17.3 Å². The minimum atomic E-state index is -0.636. The lowest BCUT2D eigenvalue weighted by Gasteiger charge is -2.10. The summed E-state index contributed by atoms with van der Waals surface area (Å²) in [4.78, 5) is 28.4. The molecule has 2 aromatic heterocycles. The second kappa shape index (κ2) is 8.34. The summed E-state index contributed by atoms with van der Waals surface area (Å²) in [5, 5.41) is 6.98. The summed E-state index contributed by atoms with van der Waals surface area (Å²) < 4.78 is 11.9. The summed E-state index contributed by atoms with van der Waals surface area (Å²) >= 11 is 0. The van der Waals surface area contributed by atoms with E-state index in [2.05, 4.69) is 15.4 Å². The Morgan fingerprint density at radius 2 is 1.93 bits per heavy atom. The molecule has 0 aliphatic carbocycles. The highest BCUT2D eigenvalue weighted by Gasteiger charge is 2.13. The summed E-state index contributed by atoms with van der Waals surface area (Å²) in [6.45, 7) is 3.39. The number of nitrogens with one attached hydrogen (secondary N) is 1. The number of esters is 1. The van der Waals surface area contributed by atoms with Crippen molar-refractivity contribution in [3.8, 4) is 11.6 Å². The molecule has 3 aromatic rings. The second-order valence-corrected chi connectivity index (χ2v) is 6.07. The van der Waals surface area contributed by atoms with Gasteiger partial charge >= 0.3 is 5.97 Å². The van der Waals surface area contributed by atoms with Gasteiger partial charge in [0.25, 0.3) is 5.91 Å². The van der Waals surface area contributed by atoms with Crippen molar-refractivity contribution < 1.29 is 19.1 Å². The molecule has 1 aromatic carbocycles. The van der Waals surface area contributed by atoms with E-state index in [1.54, 1.807) is 41.1 Å². The average molecular weight is 380 g/mol. The molecule has 0 saturated heterocycles. The van der Waals surface area contributed by atoms with Crippen LogP contribution in [0.4, 0.5) is 5.69 Å². The number of anilines is 1. The highest BCUT2D eigenvalue weighted by atomic mass is 16.5. The zero-order chi connectivity index (χ0) is 20.1. The van der Waals surface area contributed by atoms with Crippen molar-refractivity contribution in [3.05, 3.63) is 65.6 Å². The average Bonchev–Trinajstić information content (AvgIpc) is 3.04. The minimum absolute atomic E-state index is 0.246. The standard InChI is InChI=1S/C20H20N4O4/c1-13-10-14(2)24(23-13)18-9-8-15(11-21-18)20(26)28-12-19(25)22-16-6-4-5-7-17(16)27-3/h4-11H,12H2,1-3H3,(H,22,25). The number of benzene rings is 1. The summed E-state index contributed by atoms with van der Waals surface area (Å²) in [5.74, 6) is 0.00912. The van der Waals surface area contributed by atoms with E-state index in [1.165, 1.54) is 13.3 Å². The Bertz CT molecular complexity index is 996. The number of hydrogen-bond acceptors (Lipinski definition) is 6. The summed E-state index contributed by atoms with van der Waals surface area (Å²) in [5.41, 5.74) is 2.56. The van der Waals surface area contributed by atoms with Crippen molar-refractivity contribution in [3.63, 3.8) is 0 Å². The Morgan fingerprint density at radius 1 is 1.14 bits per heavy atom. The number of aromatic nitrogens is 3. The molecule has 0 spiro atoms. The maximum Gasteiger partial charge on any atom is 0.340 e. The number of pyridine rings is 1. The van der Waals surface area contributed by atoms with E-state index in [-0.39, 0.29) is 5.56 Å². The molecule has 28 heavy (non-hydrogen) atoms. The number of hydrogen-bond donors (Lipinski definition) is 1. The number of ether oxygens (including phenoxy) is 2. The number of aryl methyl sites for hydroxylation is 2. The van der Waals surface area contributed by atoms with Crippen LogP contribution in [0.3, 0.4) is 0 Å². The number of carbonyl (C=O) groups is 2. The summed E-state index contributed by atoms with van der Waals surface area (Å²) in [6, 6.07) is 12.2. The SMILES string of the molecule is COc1ccccc1NC(=O)COC(=O)c1ccc(-n2nc(C)cc2C)nc1. The fourth-order valence-electron chi connectivity index (χ4n) is 2.64. The van der Waals surface area contributed by atoms with E-state index in [4.69, 9.17) is 9.47 Å². The van der Waals surface area contributed by atoms with E-state index in [1.807, 2.05) is 19.9 Å². The molecule has 0 aliphatic heterocycles. The Hall–Kier alpha value is -3.68. The molecule has 0 atom stereocenters. The molecule has 8 nitrogen and oxygen atoms in total. The Kier molecular flexibility index (Phi) is 5.69. The van der Waals surface area contributed by atoms with Crippen LogP contribution in [0.5, 0.6) is 5.75 Å². The van der Waals surface area contributed by atoms with E-state index in [0.717, 1.165) is 11.4 Å². The van der Waals surface area contributed by atoms with Crippen molar-refractivity contribution in [2.24, 2.45) is 0 Å². The second-order valence-electron chi connectivity index (χ2n) is 6.07. The van der Waals surface area contributed by atoms with Crippen LogP contribution in [0.1, 0.15) is 21.7 Å². The van der Waals surface area contributed by atoms with E-state index >= 15 is 0 Å². The molecule has 0 bridgehead atoms. The molecule has 0 fully saturated rings. The fourth-order valence-corrected chi connectivity index (χ4v) is 2.64. The normalized spacial score (nSPS) is 10.4. The largest absolute Gasteiger partial charge is 0.495 e. The third kappa shape index (κ3) is 4.35. The first kappa shape index (κ1) is 19.1. The molecule has 0 unspecified atom stereocenters. The number of rotatable bonds is 6. The van der Waals surface area contributed by atoms with Crippen LogP contribution in [-0.4, -0.2) is 40.4 Å². The van der Waals surface area contributed by atoms with Gasteiger partial charge in [-0.15, -0.1) is 0 Å². The van der Waals surface area contributed by atoms with Crippen molar-refractivity contribution >= 4 is 17.6 Å². The van der Waals surface area contributed by atoms with E-state index in [9.17, 15) is 9.59 Å². The highest BCUT2D eigenvalue weighted by Crippen LogP contribution is 2.22. The smallest absolute Gasteiger partial charge is 0.340 e. The minimum Gasteiger partial charge on any atom is -0.495 e. The van der Waals surface area contributed by atoms with Gasteiger partial charge in [-0.3, -0.25) is 4.79 Å². The Balaban J connectivity index is 1.59. The van der Waals surface area contributed by atoms with Gasteiger partial charge in [-0.25, -0.2) is 14.5 Å². The first-order valence-electron chi connectivity index (χ1n) is 8.57. The van der Waals surface area contributed by atoms with Gasteiger partial charge in [0, 0.05) is 11.9 Å². The molecule has 2 heterocycles. The number of amides is 1. The first-order valence-corrected chi connectivity index (χ1v) is 8.57. The van der Waals surface area contributed by atoms with Gasteiger partial charge in [-0.2, -0.15) is 5.10 Å². The van der Waals surface area contributed by atoms with Crippen molar-refractivity contribution in [1.29, 1.82) is 0 Å². The molecular formula is C20H20N4O4. The molecule has 144 valence electrons. The van der Waals surface area contributed by atoms with Crippen LogP contribution in [0.15, 0.2) is 48.7 Å². The number of methoxy groups -OCH3 is 1. The quantitative estimate of drug-likeness (QED) is 0.661. The van der Waals surface area contributed by atoms with Gasteiger partial charge in [0.05, 0.1) is 24.1 Å². The number of nitrogens with zero attached hydrogens (tertiary/aromatic N) is 3. The molecule has 0 aliphatic rings. The van der Waals surface area contributed by atoms with Crippen LogP contribution in [0.25, 0.3) is 5.82 Å². The molecule has 3 rings (SSSR count).